The van der Waals surface area contributed by atoms with E-state index in [1.807, 2.05) is 32.2 Å². The molecule has 0 saturated carbocycles. The highest BCUT2D eigenvalue weighted by atomic mass is 16.5. The molecule has 4 heteroatoms. The fourth-order valence-electron chi connectivity index (χ4n) is 1.64. The molecule has 0 saturated heterocycles. The summed E-state index contributed by atoms with van der Waals surface area (Å²) < 4.78 is 7.45. The predicted molar refractivity (Wildman–Crippen MR) is 69.0 cm³/mol. The van der Waals surface area contributed by atoms with E-state index in [1.165, 1.54) is 0 Å². The summed E-state index contributed by atoms with van der Waals surface area (Å²) in [6.07, 6.45) is 3.99. The van der Waals surface area contributed by atoms with Gasteiger partial charge in [-0.25, -0.2) is 0 Å². The summed E-state index contributed by atoms with van der Waals surface area (Å²) in [6, 6.07) is 7.21. The van der Waals surface area contributed by atoms with Gasteiger partial charge in [0, 0.05) is 18.5 Å². The van der Waals surface area contributed by atoms with Crippen LogP contribution in [0.15, 0.2) is 36.7 Å². The Morgan fingerprint density at radius 2 is 2.17 bits per heavy atom. The molecular formula is C14H16N2O2. The standard InChI is InChI=1S/C14H16N2O2/c1-3-14(17)11-6-5-7-12(8-11)18-13-9-15-16(4-2)10-13/h5-10H,3-4H2,1-2H3. The first-order valence-electron chi connectivity index (χ1n) is 6.06. The number of carbonyl (C=O) groups excluding carboxylic acids is 1. The molecule has 0 unspecified atom stereocenters. The minimum Gasteiger partial charge on any atom is -0.454 e. The van der Waals surface area contributed by atoms with Gasteiger partial charge < -0.3 is 4.74 Å². The molecule has 2 rings (SSSR count). The Hall–Kier alpha value is -2.10. The molecule has 2 aromatic rings. The third-order valence-corrected chi connectivity index (χ3v) is 2.65. The van der Waals surface area contributed by atoms with Crippen molar-refractivity contribution in [2.45, 2.75) is 26.8 Å². The highest BCUT2D eigenvalue weighted by Crippen LogP contribution is 2.22. The van der Waals surface area contributed by atoms with E-state index in [-0.39, 0.29) is 5.78 Å². The number of hydrogen-bond acceptors (Lipinski definition) is 3. The van der Waals surface area contributed by atoms with Gasteiger partial charge in [0.2, 0.25) is 0 Å². The molecule has 1 aromatic heterocycles. The Balaban J connectivity index is 2.16. The Labute approximate surface area is 106 Å². The van der Waals surface area contributed by atoms with Gasteiger partial charge in [0.1, 0.15) is 5.75 Å². The number of aryl methyl sites for hydroxylation is 1. The first kappa shape index (κ1) is 12.4. The topological polar surface area (TPSA) is 44.1 Å². The number of rotatable bonds is 5. The van der Waals surface area contributed by atoms with Crippen molar-refractivity contribution in [3.63, 3.8) is 0 Å². The number of ether oxygens (including phenoxy) is 1. The molecule has 0 fully saturated rings. The van der Waals surface area contributed by atoms with Crippen LogP contribution in [0.2, 0.25) is 0 Å². The Morgan fingerprint density at radius 3 is 2.83 bits per heavy atom. The maximum Gasteiger partial charge on any atom is 0.165 e. The summed E-state index contributed by atoms with van der Waals surface area (Å²) in [5.41, 5.74) is 0.679. The van der Waals surface area contributed by atoms with Crippen molar-refractivity contribution in [3.8, 4) is 11.5 Å². The lowest BCUT2D eigenvalue weighted by Gasteiger charge is -2.04. The fourth-order valence-corrected chi connectivity index (χ4v) is 1.64. The lowest BCUT2D eigenvalue weighted by Crippen LogP contribution is -1.96. The molecule has 0 N–H and O–H groups in total. The molecule has 1 aromatic carbocycles. The van der Waals surface area contributed by atoms with Crippen molar-refractivity contribution >= 4 is 5.78 Å². The minimum absolute atomic E-state index is 0.115. The fraction of sp³-hybridized carbons (Fsp3) is 0.286. The SMILES string of the molecule is CCC(=O)c1cccc(Oc2cnn(CC)c2)c1. The zero-order valence-electron chi connectivity index (χ0n) is 10.6. The van der Waals surface area contributed by atoms with Crippen molar-refractivity contribution in [2.75, 3.05) is 0 Å². The van der Waals surface area contributed by atoms with E-state index in [9.17, 15) is 4.79 Å². The summed E-state index contributed by atoms with van der Waals surface area (Å²) in [7, 11) is 0. The number of carbonyl (C=O) groups is 1. The van der Waals surface area contributed by atoms with Crippen LogP contribution >= 0.6 is 0 Å². The third kappa shape index (κ3) is 2.77. The van der Waals surface area contributed by atoms with E-state index in [2.05, 4.69) is 5.10 Å². The maximum absolute atomic E-state index is 11.6. The van der Waals surface area contributed by atoms with Gasteiger partial charge in [0.15, 0.2) is 11.5 Å². The molecule has 0 bridgehead atoms. The second-order valence-electron chi connectivity index (χ2n) is 3.94. The van der Waals surface area contributed by atoms with Gasteiger partial charge in [0.25, 0.3) is 0 Å². The second kappa shape index (κ2) is 5.49. The molecule has 0 aliphatic rings. The van der Waals surface area contributed by atoms with Crippen molar-refractivity contribution < 1.29 is 9.53 Å². The number of Topliss-reactive ketones (excluding diaryl/α,β-unsaturated/α-hetero) is 1. The Kier molecular flexibility index (Phi) is 3.77. The van der Waals surface area contributed by atoms with E-state index in [0.717, 1.165) is 6.54 Å². The van der Waals surface area contributed by atoms with Crippen LogP contribution in [0.25, 0.3) is 0 Å². The van der Waals surface area contributed by atoms with Gasteiger partial charge in [-0.15, -0.1) is 0 Å². The number of aromatic nitrogens is 2. The summed E-state index contributed by atoms with van der Waals surface area (Å²) in [4.78, 5) is 11.6. The number of nitrogens with zero attached hydrogens (tertiary/aromatic N) is 2. The monoisotopic (exact) mass is 244 g/mol. The summed E-state index contributed by atoms with van der Waals surface area (Å²) >= 11 is 0. The molecule has 4 nitrogen and oxygen atoms in total. The molecule has 0 atom stereocenters. The molecular weight excluding hydrogens is 228 g/mol. The first-order chi connectivity index (χ1) is 8.72. The number of hydrogen-bond donors (Lipinski definition) is 0. The van der Waals surface area contributed by atoms with Crippen molar-refractivity contribution in [1.29, 1.82) is 0 Å². The van der Waals surface area contributed by atoms with E-state index in [0.29, 0.717) is 23.5 Å². The third-order valence-electron chi connectivity index (χ3n) is 2.65. The van der Waals surface area contributed by atoms with Crippen molar-refractivity contribution in [1.82, 2.24) is 9.78 Å². The van der Waals surface area contributed by atoms with E-state index >= 15 is 0 Å². The average Bonchev–Trinajstić information content (AvgIpc) is 2.86. The number of benzene rings is 1. The smallest absolute Gasteiger partial charge is 0.165 e. The first-order valence-corrected chi connectivity index (χ1v) is 6.06. The highest BCUT2D eigenvalue weighted by molar-refractivity contribution is 5.96. The number of ketones is 1. The molecule has 18 heavy (non-hydrogen) atoms. The molecule has 0 aliphatic carbocycles. The average molecular weight is 244 g/mol. The lowest BCUT2D eigenvalue weighted by atomic mass is 10.1. The summed E-state index contributed by atoms with van der Waals surface area (Å²) in [5.74, 6) is 1.45. The quantitative estimate of drug-likeness (QED) is 0.758. The van der Waals surface area contributed by atoms with Crippen LogP contribution < -0.4 is 4.74 Å². The van der Waals surface area contributed by atoms with Gasteiger partial charge in [0.05, 0.1) is 12.4 Å². The normalized spacial score (nSPS) is 10.3. The van der Waals surface area contributed by atoms with Crippen LogP contribution in [-0.2, 0) is 6.54 Å². The van der Waals surface area contributed by atoms with Gasteiger partial charge in [-0.05, 0) is 19.1 Å². The molecule has 1 heterocycles. The summed E-state index contributed by atoms with van der Waals surface area (Å²) in [6.45, 7) is 4.66. The van der Waals surface area contributed by atoms with Gasteiger partial charge in [-0.3, -0.25) is 9.48 Å². The van der Waals surface area contributed by atoms with E-state index < -0.39 is 0 Å². The molecule has 0 amide bonds. The molecule has 94 valence electrons. The van der Waals surface area contributed by atoms with Gasteiger partial charge in [-0.1, -0.05) is 19.1 Å². The lowest BCUT2D eigenvalue weighted by molar-refractivity contribution is 0.0988. The second-order valence-corrected chi connectivity index (χ2v) is 3.94. The van der Waals surface area contributed by atoms with Crippen LogP contribution in [0, 0.1) is 0 Å². The van der Waals surface area contributed by atoms with Crippen LogP contribution in [0.4, 0.5) is 0 Å². The van der Waals surface area contributed by atoms with Gasteiger partial charge in [-0.2, -0.15) is 5.10 Å². The minimum atomic E-state index is 0.115. The predicted octanol–water partition coefficient (Wildman–Crippen LogP) is 3.29. The zero-order valence-corrected chi connectivity index (χ0v) is 10.6. The maximum atomic E-state index is 11.6. The van der Waals surface area contributed by atoms with E-state index in [1.54, 1.807) is 23.0 Å². The van der Waals surface area contributed by atoms with Gasteiger partial charge >= 0.3 is 0 Å². The van der Waals surface area contributed by atoms with Crippen LogP contribution in [-0.4, -0.2) is 15.6 Å². The van der Waals surface area contributed by atoms with Crippen molar-refractivity contribution in [2.24, 2.45) is 0 Å². The molecule has 0 aliphatic heterocycles. The van der Waals surface area contributed by atoms with Crippen LogP contribution in [0.1, 0.15) is 30.6 Å². The molecule has 0 spiro atoms. The molecule has 0 radical (unpaired) electrons. The van der Waals surface area contributed by atoms with Crippen LogP contribution in [0.3, 0.4) is 0 Å². The summed E-state index contributed by atoms with van der Waals surface area (Å²) in [5, 5.41) is 4.13. The Bertz CT molecular complexity index is 546. The highest BCUT2D eigenvalue weighted by Gasteiger charge is 2.05. The van der Waals surface area contributed by atoms with E-state index in [4.69, 9.17) is 4.74 Å². The van der Waals surface area contributed by atoms with Crippen molar-refractivity contribution in [3.05, 3.63) is 42.2 Å². The largest absolute Gasteiger partial charge is 0.454 e. The Morgan fingerprint density at radius 1 is 1.33 bits per heavy atom. The zero-order chi connectivity index (χ0) is 13.0. The van der Waals surface area contributed by atoms with Crippen LogP contribution in [0.5, 0.6) is 11.5 Å².